The molecule has 0 fully saturated rings. The van der Waals surface area contributed by atoms with Gasteiger partial charge in [0.05, 0.1) is 7.11 Å². The van der Waals surface area contributed by atoms with Gasteiger partial charge in [-0.15, -0.1) is 0 Å². The summed E-state index contributed by atoms with van der Waals surface area (Å²) in [6.07, 6.45) is 0.722. The number of rotatable bonds is 4. The molecule has 5 heteroatoms. The molecule has 0 unspecified atom stereocenters. The van der Waals surface area contributed by atoms with Crippen molar-refractivity contribution in [3.63, 3.8) is 0 Å². The third-order valence-corrected chi connectivity index (χ3v) is 2.99. The summed E-state index contributed by atoms with van der Waals surface area (Å²) < 4.78 is 5.12. The number of amides is 1. The lowest BCUT2D eigenvalue weighted by atomic mass is 10.2. The molecule has 1 amide bonds. The molecule has 104 valence electrons. The lowest BCUT2D eigenvalue weighted by Gasteiger charge is -2.08. The van der Waals surface area contributed by atoms with Gasteiger partial charge in [-0.05, 0) is 30.7 Å². The van der Waals surface area contributed by atoms with Gasteiger partial charge in [-0.1, -0.05) is 24.6 Å². The van der Waals surface area contributed by atoms with E-state index in [1.807, 2.05) is 19.1 Å². The van der Waals surface area contributed by atoms with Gasteiger partial charge in [0.25, 0.3) is 5.91 Å². The third-order valence-electron chi connectivity index (χ3n) is 2.80. The minimum atomic E-state index is -0.225. The molecule has 0 saturated carbocycles. The maximum absolute atomic E-state index is 12.2. The topological polar surface area (TPSA) is 51.2 Å². The van der Waals surface area contributed by atoms with E-state index in [1.165, 1.54) is 0 Å². The van der Waals surface area contributed by atoms with Crippen molar-refractivity contribution < 1.29 is 9.53 Å². The highest BCUT2D eigenvalue weighted by atomic mass is 35.5. The summed E-state index contributed by atoms with van der Waals surface area (Å²) in [7, 11) is 1.58. The summed E-state index contributed by atoms with van der Waals surface area (Å²) in [5, 5.41) is 3.13. The van der Waals surface area contributed by atoms with Crippen LogP contribution in [0.4, 0.5) is 5.69 Å². The quantitative estimate of drug-likeness (QED) is 0.876. The fraction of sp³-hybridized carbons (Fsp3) is 0.200. The first-order chi connectivity index (χ1) is 9.62. The number of hydrogen-bond acceptors (Lipinski definition) is 3. The van der Waals surface area contributed by atoms with Crippen molar-refractivity contribution in [1.82, 2.24) is 4.98 Å². The lowest BCUT2D eigenvalue weighted by Crippen LogP contribution is -2.12. The minimum Gasteiger partial charge on any atom is -0.497 e. The van der Waals surface area contributed by atoms with Crippen molar-refractivity contribution in [3.05, 3.63) is 52.8 Å². The average molecular weight is 291 g/mol. The molecule has 0 atom stereocenters. The molecular weight excluding hydrogens is 276 g/mol. The highest BCUT2D eigenvalue weighted by Gasteiger charge is 2.09. The zero-order valence-corrected chi connectivity index (χ0v) is 12.1. The predicted octanol–water partition coefficient (Wildman–Crippen LogP) is 3.56. The predicted molar refractivity (Wildman–Crippen MR) is 79.6 cm³/mol. The Bertz CT molecular complexity index is 629. The number of nitrogens with zero attached hydrogens (tertiary/aromatic N) is 1. The Morgan fingerprint density at radius 1 is 1.35 bits per heavy atom. The summed E-state index contributed by atoms with van der Waals surface area (Å²) in [6, 6.07) is 10.5. The van der Waals surface area contributed by atoms with E-state index in [-0.39, 0.29) is 5.91 Å². The van der Waals surface area contributed by atoms with E-state index in [0.29, 0.717) is 22.2 Å². The van der Waals surface area contributed by atoms with Crippen molar-refractivity contribution in [2.45, 2.75) is 13.3 Å². The molecule has 2 aromatic rings. The first kappa shape index (κ1) is 14.3. The first-order valence-electron chi connectivity index (χ1n) is 6.24. The maximum atomic E-state index is 12.2. The van der Waals surface area contributed by atoms with Gasteiger partial charge in [0, 0.05) is 23.0 Å². The second-order valence-electron chi connectivity index (χ2n) is 4.21. The molecule has 0 spiro atoms. The molecule has 0 radical (unpaired) electrons. The molecule has 4 nitrogen and oxygen atoms in total. The van der Waals surface area contributed by atoms with Gasteiger partial charge in [0.1, 0.15) is 10.9 Å². The minimum absolute atomic E-state index is 0.225. The Morgan fingerprint density at radius 3 is 2.85 bits per heavy atom. The van der Waals surface area contributed by atoms with Crippen LogP contribution >= 0.6 is 11.6 Å². The number of aryl methyl sites for hydroxylation is 1. The second-order valence-corrected chi connectivity index (χ2v) is 4.60. The summed E-state index contributed by atoms with van der Waals surface area (Å²) in [5.41, 5.74) is 1.94. The number of aromatic nitrogens is 1. The number of hydrogen-bond donors (Lipinski definition) is 1. The molecule has 1 N–H and O–H groups in total. The second kappa shape index (κ2) is 6.39. The Hall–Kier alpha value is -2.07. The molecule has 0 saturated heterocycles. The van der Waals surface area contributed by atoms with Crippen LogP contribution in [0.25, 0.3) is 0 Å². The van der Waals surface area contributed by atoms with E-state index in [1.54, 1.807) is 31.4 Å². The van der Waals surface area contributed by atoms with Crippen LogP contribution in [0, 0.1) is 0 Å². The fourth-order valence-corrected chi connectivity index (χ4v) is 1.99. The molecule has 0 aliphatic rings. The van der Waals surface area contributed by atoms with Gasteiger partial charge in [-0.3, -0.25) is 4.79 Å². The molecule has 0 bridgehead atoms. The maximum Gasteiger partial charge on any atom is 0.255 e. The van der Waals surface area contributed by atoms with Crippen LogP contribution in [0.2, 0.25) is 5.15 Å². The largest absolute Gasteiger partial charge is 0.497 e. The monoisotopic (exact) mass is 290 g/mol. The molecule has 1 aromatic carbocycles. The van der Waals surface area contributed by atoms with Crippen LogP contribution < -0.4 is 10.1 Å². The van der Waals surface area contributed by atoms with Crippen LogP contribution in [0.3, 0.4) is 0 Å². The smallest absolute Gasteiger partial charge is 0.255 e. The van der Waals surface area contributed by atoms with Gasteiger partial charge >= 0.3 is 0 Å². The van der Waals surface area contributed by atoms with Gasteiger partial charge in [-0.2, -0.15) is 0 Å². The lowest BCUT2D eigenvalue weighted by molar-refractivity contribution is 0.102. The van der Waals surface area contributed by atoms with Crippen molar-refractivity contribution in [1.29, 1.82) is 0 Å². The molecule has 1 heterocycles. The number of carbonyl (C=O) groups is 1. The zero-order valence-electron chi connectivity index (χ0n) is 11.3. The number of methoxy groups -OCH3 is 1. The normalized spacial score (nSPS) is 10.2. The Labute approximate surface area is 122 Å². The summed E-state index contributed by atoms with van der Waals surface area (Å²) in [4.78, 5) is 16.3. The van der Waals surface area contributed by atoms with Crippen LogP contribution in [0.1, 0.15) is 23.0 Å². The highest BCUT2D eigenvalue weighted by molar-refractivity contribution is 6.29. The van der Waals surface area contributed by atoms with Gasteiger partial charge < -0.3 is 10.1 Å². The number of ether oxygens (including phenoxy) is 1. The number of benzene rings is 1. The molecule has 1 aromatic heterocycles. The van der Waals surface area contributed by atoms with E-state index >= 15 is 0 Å². The van der Waals surface area contributed by atoms with E-state index < -0.39 is 0 Å². The number of carbonyl (C=O) groups excluding carboxylic acids is 1. The van der Waals surface area contributed by atoms with Crippen molar-refractivity contribution in [2.75, 3.05) is 12.4 Å². The summed E-state index contributed by atoms with van der Waals surface area (Å²) in [6.45, 7) is 1.96. The molecule has 0 aliphatic carbocycles. The van der Waals surface area contributed by atoms with E-state index in [9.17, 15) is 4.79 Å². The van der Waals surface area contributed by atoms with E-state index in [2.05, 4.69) is 10.3 Å². The molecule has 2 rings (SSSR count). The highest BCUT2D eigenvalue weighted by Crippen LogP contribution is 2.18. The SMILES string of the molecule is CCc1cc(C(=O)Nc2cccc(OC)c2)cc(Cl)n1. The van der Waals surface area contributed by atoms with Gasteiger partial charge in [0.2, 0.25) is 0 Å². The van der Waals surface area contributed by atoms with E-state index in [4.69, 9.17) is 16.3 Å². The van der Waals surface area contributed by atoms with Crippen LogP contribution in [-0.4, -0.2) is 18.0 Å². The van der Waals surface area contributed by atoms with Crippen LogP contribution in [-0.2, 0) is 6.42 Å². The number of nitrogens with one attached hydrogen (secondary N) is 1. The Balaban J connectivity index is 2.21. The standard InChI is InChI=1S/C15H15ClN2O2/c1-3-11-7-10(8-14(16)17-11)15(19)18-12-5-4-6-13(9-12)20-2/h4-9H,3H2,1-2H3,(H,18,19). The third kappa shape index (κ3) is 3.48. The van der Waals surface area contributed by atoms with E-state index in [0.717, 1.165) is 12.1 Å². The number of anilines is 1. The van der Waals surface area contributed by atoms with Gasteiger partial charge in [0.15, 0.2) is 0 Å². The zero-order chi connectivity index (χ0) is 14.5. The van der Waals surface area contributed by atoms with Crippen LogP contribution in [0.5, 0.6) is 5.75 Å². The molecule has 0 aliphatic heterocycles. The fourth-order valence-electron chi connectivity index (χ4n) is 1.77. The molecular formula is C15H15ClN2O2. The Kier molecular flexibility index (Phi) is 4.58. The number of pyridine rings is 1. The summed E-state index contributed by atoms with van der Waals surface area (Å²) in [5.74, 6) is 0.460. The first-order valence-corrected chi connectivity index (χ1v) is 6.62. The van der Waals surface area contributed by atoms with Crippen LogP contribution in [0.15, 0.2) is 36.4 Å². The van der Waals surface area contributed by atoms with Gasteiger partial charge in [-0.25, -0.2) is 4.98 Å². The van der Waals surface area contributed by atoms with Crippen molar-refractivity contribution in [3.8, 4) is 5.75 Å². The van der Waals surface area contributed by atoms with Crippen molar-refractivity contribution in [2.24, 2.45) is 0 Å². The summed E-state index contributed by atoms with van der Waals surface area (Å²) >= 11 is 5.91. The average Bonchev–Trinajstić information content (AvgIpc) is 2.46. The molecule has 20 heavy (non-hydrogen) atoms. The van der Waals surface area contributed by atoms with Crippen molar-refractivity contribution >= 4 is 23.2 Å². The Morgan fingerprint density at radius 2 is 2.15 bits per heavy atom. The number of halogens is 1.